The lowest BCUT2D eigenvalue weighted by atomic mass is 10.1. The molecule has 0 atom stereocenters. The minimum atomic E-state index is -0.939. The Hall–Kier alpha value is -2.88. The highest BCUT2D eigenvalue weighted by atomic mass is 16.5. The molecule has 0 fully saturated rings. The van der Waals surface area contributed by atoms with Crippen LogP contribution in [0.1, 0.15) is 25.0 Å². The lowest BCUT2D eigenvalue weighted by Crippen LogP contribution is -1.96. The first-order valence-corrected chi connectivity index (χ1v) is 7.38. The molecule has 1 N–H and O–H groups in total. The van der Waals surface area contributed by atoms with E-state index in [1.54, 1.807) is 19.2 Å². The molecule has 4 heteroatoms. The van der Waals surface area contributed by atoms with Crippen LogP contribution in [0.15, 0.2) is 59.1 Å². The summed E-state index contributed by atoms with van der Waals surface area (Å²) in [6, 6.07) is 15.1. The largest absolute Gasteiger partial charge is 0.493 e. The van der Waals surface area contributed by atoms with Crippen molar-refractivity contribution >= 4 is 23.9 Å². The smallest absolute Gasteiger partial charge is 0.331 e. The van der Waals surface area contributed by atoms with E-state index in [0.717, 1.165) is 16.9 Å². The zero-order chi connectivity index (χ0) is 16.7. The molecule has 0 aliphatic heterocycles. The van der Waals surface area contributed by atoms with Gasteiger partial charge in [0.15, 0.2) is 0 Å². The van der Waals surface area contributed by atoms with Gasteiger partial charge in [0.25, 0.3) is 0 Å². The molecule has 2 aromatic rings. The van der Waals surface area contributed by atoms with Crippen molar-refractivity contribution in [3.8, 4) is 5.75 Å². The predicted octanol–water partition coefficient (Wildman–Crippen LogP) is 4.32. The Balaban J connectivity index is 2.34. The number of carboxylic acid groups (broad SMARTS) is 1. The molecule has 0 aliphatic carbocycles. The van der Waals surface area contributed by atoms with E-state index in [0.29, 0.717) is 12.3 Å². The van der Waals surface area contributed by atoms with Gasteiger partial charge in [-0.1, -0.05) is 30.3 Å². The number of aliphatic imine (C=N–C) groups is 1. The average molecular weight is 309 g/mol. The van der Waals surface area contributed by atoms with Gasteiger partial charge in [-0.2, -0.15) is 0 Å². The fourth-order valence-corrected chi connectivity index (χ4v) is 2.04. The minimum Gasteiger partial charge on any atom is -0.493 e. The highest BCUT2D eigenvalue weighted by Crippen LogP contribution is 2.23. The van der Waals surface area contributed by atoms with E-state index in [-0.39, 0.29) is 5.57 Å². The third kappa shape index (κ3) is 4.54. The summed E-state index contributed by atoms with van der Waals surface area (Å²) in [6.45, 7) is 4.08. The van der Waals surface area contributed by atoms with Gasteiger partial charge < -0.3 is 9.84 Å². The van der Waals surface area contributed by atoms with Gasteiger partial charge >= 0.3 is 5.97 Å². The van der Waals surface area contributed by atoms with Crippen molar-refractivity contribution in [2.45, 2.75) is 13.8 Å². The third-order valence-corrected chi connectivity index (χ3v) is 3.21. The molecule has 0 saturated carbocycles. The lowest BCUT2D eigenvalue weighted by molar-refractivity contribution is -0.132. The van der Waals surface area contributed by atoms with E-state index in [4.69, 9.17) is 9.84 Å². The number of benzene rings is 2. The number of ether oxygens (including phenoxy) is 1. The Kier molecular flexibility index (Phi) is 5.69. The third-order valence-electron chi connectivity index (χ3n) is 3.21. The van der Waals surface area contributed by atoms with E-state index in [1.807, 2.05) is 55.5 Å². The van der Waals surface area contributed by atoms with Crippen molar-refractivity contribution < 1.29 is 14.6 Å². The number of aliphatic carboxylic acids is 1. The highest BCUT2D eigenvalue weighted by molar-refractivity contribution is 5.93. The van der Waals surface area contributed by atoms with Crippen molar-refractivity contribution in [2.24, 2.45) is 4.99 Å². The molecule has 0 radical (unpaired) electrons. The van der Waals surface area contributed by atoms with Gasteiger partial charge in [-0.05, 0) is 38.1 Å². The van der Waals surface area contributed by atoms with Gasteiger partial charge in [-0.3, -0.25) is 4.99 Å². The summed E-state index contributed by atoms with van der Waals surface area (Å²) < 4.78 is 5.57. The average Bonchev–Trinajstić information content (AvgIpc) is 2.55. The molecule has 23 heavy (non-hydrogen) atoms. The zero-order valence-electron chi connectivity index (χ0n) is 13.2. The second-order valence-electron chi connectivity index (χ2n) is 4.92. The van der Waals surface area contributed by atoms with Crippen LogP contribution in [0, 0.1) is 0 Å². The number of hydrogen-bond acceptors (Lipinski definition) is 3. The maximum absolute atomic E-state index is 11.0. The van der Waals surface area contributed by atoms with E-state index >= 15 is 0 Å². The number of nitrogens with zero attached hydrogens (tertiary/aromatic N) is 1. The van der Waals surface area contributed by atoms with E-state index < -0.39 is 5.97 Å². The molecule has 0 spiro atoms. The van der Waals surface area contributed by atoms with E-state index in [2.05, 4.69) is 4.99 Å². The van der Waals surface area contributed by atoms with Crippen LogP contribution in [0.2, 0.25) is 0 Å². The van der Waals surface area contributed by atoms with Gasteiger partial charge in [0.05, 0.1) is 12.3 Å². The van der Waals surface area contributed by atoms with Crippen LogP contribution in [0.5, 0.6) is 5.75 Å². The molecular weight excluding hydrogens is 290 g/mol. The normalized spacial score (nSPS) is 11.7. The van der Waals surface area contributed by atoms with Crippen LogP contribution < -0.4 is 4.74 Å². The number of rotatable bonds is 6. The molecule has 0 unspecified atom stereocenters. The fourth-order valence-electron chi connectivity index (χ4n) is 2.04. The Morgan fingerprint density at radius 3 is 2.48 bits per heavy atom. The second-order valence-corrected chi connectivity index (χ2v) is 4.92. The van der Waals surface area contributed by atoms with Crippen molar-refractivity contribution in [3.63, 3.8) is 0 Å². The number of carboxylic acids is 1. The molecule has 0 heterocycles. The Bertz CT molecular complexity index is 748. The fraction of sp³-hybridized carbons (Fsp3) is 0.158. The topological polar surface area (TPSA) is 58.9 Å². The Morgan fingerprint density at radius 2 is 1.78 bits per heavy atom. The van der Waals surface area contributed by atoms with Crippen LogP contribution in [0.25, 0.3) is 6.08 Å². The highest BCUT2D eigenvalue weighted by Gasteiger charge is 2.04. The summed E-state index contributed by atoms with van der Waals surface area (Å²) in [4.78, 5) is 15.5. The summed E-state index contributed by atoms with van der Waals surface area (Å²) >= 11 is 0. The van der Waals surface area contributed by atoms with Crippen LogP contribution in [-0.4, -0.2) is 23.9 Å². The van der Waals surface area contributed by atoms with Gasteiger partial charge in [-0.25, -0.2) is 4.79 Å². The molecule has 118 valence electrons. The summed E-state index contributed by atoms with van der Waals surface area (Å²) in [7, 11) is 0. The summed E-state index contributed by atoms with van der Waals surface area (Å²) in [5, 5.41) is 9.01. The van der Waals surface area contributed by atoms with Crippen LogP contribution >= 0.6 is 0 Å². The second kappa shape index (κ2) is 7.94. The summed E-state index contributed by atoms with van der Waals surface area (Å²) in [5.74, 6) is -0.168. The number of para-hydroxylation sites is 2. The van der Waals surface area contributed by atoms with Gasteiger partial charge in [0, 0.05) is 22.9 Å². The quantitative estimate of drug-likeness (QED) is 0.638. The predicted molar refractivity (Wildman–Crippen MR) is 92.6 cm³/mol. The summed E-state index contributed by atoms with van der Waals surface area (Å²) in [5.41, 5.74) is 2.61. The first kappa shape index (κ1) is 16.5. The maximum Gasteiger partial charge on any atom is 0.331 e. The first-order chi connectivity index (χ1) is 11.1. The molecule has 2 aromatic carbocycles. The van der Waals surface area contributed by atoms with Crippen molar-refractivity contribution in [3.05, 3.63) is 65.2 Å². The molecule has 0 bridgehead atoms. The van der Waals surface area contributed by atoms with E-state index in [1.165, 1.54) is 0 Å². The molecule has 0 saturated heterocycles. The van der Waals surface area contributed by atoms with Crippen molar-refractivity contribution in [1.82, 2.24) is 0 Å². The molecule has 0 aliphatic rings. The SMILES string of the molecule is CCOc1ccccc1/C=N/c1ccccc1/C=C(\C)C(=O)O. The number of carbonyl (C=O) groups is 1. The van der Waals surface area contributed by atoms with Gasteiger partial charge in [0.1, 0.15) is 5.75 Å². The Labute approximate surface area is 135 Å². The molecule has 4 nitrogen and oxygen atoms in total. The zero-order valence-corrected chi connectivity index (χ0v) is 13.2. The first-order valence-electron chi connectivity index (χ1n) is 7.38. The van der Waals surface area contributed by atoms with Gasteiger partial charge in [-0.15, -0.1) is 0 Å². The van der Waals surface area contributed by atoms with Crippen molar-refractivity contribution in [2.75, 3.05) is 6.61 Å². The standard InChI is InChI=1S/C19H19NO3/c1-3-23-18-11-7-5-9-16(18)13-20-17-10-6-4-8-15(17)12-14(2)19(21)22/h4-13H,3H2,1-2H3,(H,21,22)/b14-12+,20-13+. The monoisotopic (exact) mass is 309 g/mol. The summed E-state index contributed by atoms with van der Waals surface area (Å²) in [6.07, 6.45) is 3.34. The maximum atomic E-state index is 11.0. The van der Waals surface area contributed by atoms with Crippen LogP contribution in [-0.2, 0) is 4.79 Å². The Morgan fingerprint density at radius 1 is 1.13 bits per heavy atom. The number of hydrogen-bond donors (Lipinski definition) is 1. The lowest BCUT2D eigenvalue weighted by Gasteiger charge is -2.06. The minimum absolute atomic E-state index is 0.266. The van der Waals surface area contributed by atoms with Crippen LogP contribution in [0.4, 0.5) is 5.69 Å². The van der Waals surface area contributed by atoms with Crippen molar-refractivity contribution in [1.29, 1.82) is 0 Å². The molecule has 2 rings (SSSR count). The van der Waals surface area contributed by atoms with E-state index in [9.17, 15) is 4.79 Å². The van der Waals surface area contributed by atoms with Gasteiger partial charge in [0.2, 0.25) is 0 Å². The molecule has 0 aromatic heterocycles. The van der Waals surface area contributed by atoms with Crippen LogP contribution in [0.3, 0.4) is 0 Å². The molecule has 0 amide bonds. The molecular formula is C19H19NO3.